The Labute approximate surface area is 164 Å². The molecular weight excluding hydrogens is 360 g/mol. The number of hydrazine groups is 1. The molecule has 2 aliphatic rings. The molecular formula is C21H23ClN4O. The fraction of sp³-hybridized carbons (Fsp3) is 0.333. The van der Waals surface area contributed by atoms with Gasteiger partial charge in [0.15, 0.2) is 5.66 Å². The number of carbonyl (C=O) groups excluding carboxylic acids is 1. The highest BCUT2D eigenvalue weighted by Crippen LogP contribution is 2.41. The molecule has 1 aliphatic heterocycles. The predicted octanol–water partition coefficient (Wildman–Crippen LogP) is 4.61. The van der Waals surface area contributed by atoms with Crippen LogP contribution in [0.5, 0.6) is 0 Å². The molecule has 1 amide bonds. The Morgan fingerprint density at radius 2 is 1.81 bits per heavy atom. The molecule has 0 unspecified atom stereocenters. The van der Waals surface area contributed by atoms with Gasteiger partial charge < -0.3 is 5.32 Å². The number of amidine groups is 1. The summed E-state index contributed by atoms with van der Waals surface area (Å²) in [6, 6.07) is 17.1. The second-order valence-corrected chi connectivity index (χ2v) is 7.81. The molecule has 27 heavy (non-hydrogen) atoms. The zero-order valence-corrected chi connectivity index (χ0v) is 16.0. The van der Waals surface area contributed by atoms with Crippen molar-refractivity contribution in [3.63, 3.8) is 0 Å². The van der Waals surface area contributed by atoms with Crippen LogP contribution in [0.15, 0.2) is 59.6 Å². The normalized spacial score (nSPS) is 24.4. The maximum Gasteiger partial charge on any atom is 0.292 e. The number of anilines is 2. The Kier molecular flexibility index (Phi) is 4.79. The molecule has 0 aromatic heterocycles. The maximum absolute atomic E-state index is 12.8. The van der Waals surface area contributed by atoms with Crippen molar-refractivity contribution in [2.45, 2.75) is 38.3 Å². The lowest BCUT2D eigenvalue weighted by molar-refractivity contribution is -0.110. The van der Waals surface area contributed by atoms with Gasteiger partial charge in [-0.1, -0.05) is 36.7 Å². The Morgan fingerprint density at radius 1 is 1.15 bits per heavy atom. The molecule has 0 bridgehead atoms. The van der Waals surface area contributed by atoms with E-state index in [1.54, 1.807) is 0 Å². The number of nitrogens with one attached hydrogen (secondary N) is 2. The van der Waals surface area contributed by atoms with E-state index < -0.39 is 5.66 Å². The standard InChI is InChI=1S/C21H23ClN4O/c1-15-11-13-21(14-12-15)24-19(20(27)23-17-5-3-2-4-6-17)25-26(21)18-9-7-16(22)8-10-18/h2-10,15H,11-14H2,1H3,(H,23,27)(H,24,25). The van der Waals surface area contributed by atoms with E-state index in [2.05, 4.69) is 17.7 Å². The smallest absolute Gasteiger partial charge is 0.292 e. The van der Waals surface area contributed by atoms with Crippen molar-refractivity contribution >= 4 is 34.7 Å². The first-order valence-corrected chi connectivity index (χ1v) is 9.72. The first kappa shape index (κ1) is 17.9. The van der Waals surface area contributed by atoms with Crippen molar-refractivity contribution in [2.24, 2.45) is 10.9 Å². The van der Waals surface area contributed by atoms with Crippen LogP contribution in [0.2, 0.25) is 5.02 Å². The van der Waals surface area contributed by atoms with E-state index in [-0.39, 0.29) is 5.91 Å². The monoisotopic (exact) mass is 382 g/mol. The average Bonchev–Trinajstić information content (AvgIpc) is 3.05. The summed E-state index contributed by atoms with van der Waals surface area (Å²) in [7, 11) is 0. The molecule has 2 N–H and O–H groups in total. The van der Waals surface area contributed by atoms with E-state index in [0.29, 0.717) is 16.8 Å². The van der Waals surface area contributed by atoms with Crippen LogP contribution in [-0.2, 0) is 4.79 Å². The Bertz CT molecular complexity index is 842. The van der Waals surface area contributed by atoms with Crippen molar-refractivity contribution in [3.8, 4) is 0 Å². The highest BCUT2D eigenvalue weighted by molar-refractivity contribution is 6.43. The highest BCUT2D eigenvalue weighted by Gasteiger charge is 2.45. The van der Waals surface area contributed by atoms with Crippen LogP contribution in [0, 0.1) is 5.92 Å². The van der Waals surface area contributed by atoms with Gasteiger partial charge in [0.25, 0.3) is 5.91 Å². The van der Waals surface area contributed by atoms with Gasteiger partial charge in [0.1, 0.15) is 0 Å². The molecule has 0 saturated heterocycles. The van der Waals surface area contributed by atoms with Crippen LogP contribution in [-0.4, -0.2) is 17.4 Å². The maximum atomic E-state index is 12.8. The second kappa shape index (κ2) is 7.24. The summed E-state index contributed by atoms with van der Waals surface area (Å²) in [6.07, 6.45) is 3.99. The van der Waals surface area contributed by atoms with Gasteiger partial charge in [0.05, 0.1) is 5.69 Å². The SMILES string of the molecule is CC1CCC2(CC1)N=C(C(=O)Nc1ccccc1)NN2c1ccc(Cl)cc1. The minimum Gasteiger partial charge on any atom is -0.319 e. The summed E-state index contributed by atoms with van der Waals surface area (Å²) in [5, 5.41) is 5.64. The lowest BCUT2D eigenvalue weighted by atomic mass is 9.82. The van der Waals surface area contributed by atoms with E-state index in [1.165, 1.54) is 0 Å². The van der Waals surface area contributed by atoms with Crippen LogP contribution >= 0.6 is 11.6 Å². The molecule has 1 aliphatic carbocycles. The number of hydrogen-bond donors (Lipinski definition) is 2. The van der Waals surface area contributed by atoms with Crippen molar-refractivity contribution in [2.75, 3.05) is 10.3 Å². The Balaban J connectivity index is 1.61. The van der Waals surface area contributed by atoms with Crippen LogP contribution in [0.1, 0.15) is 32.6 Å². The van der Waals surface area contributed by atoms with Gasteiger partial charge in [0.2, 0.25) is 5.84 Å². The van der Waals surface area contributed by atoms with Gasteiger partial charge in [-0.3, -0.25) is 15.2 Å². The number of halogens is 1. The zero-order chi connectivity index (χ0) is 18.9. The van der Waals surface area contributed by atoms with Crippen LogP contribution in [0.4, 0.5) is 11.4 Å². The molecule has 0 radical (unpaired) electrons. The molecule has 1 fully saturated rings. The summed E-state index contributed by atoms with van der Waals surface area (Å²) in [6.45, 7) is 2.27. The third-order valence-electron chi connectivity index (χ3n) is 5.36. The van der Waals surface area contributed by atoms with Gasteiger partial charge in [-0.15, -0.1) is 0 Å². The number of benzene rings is 2. The largest absolute Gasteiger partial charge is 0.319 e. The lowest BCUT2D eigenvalue weighted by Gasteiger charge is -2.41. The molecule has 6 heteroatoms. The third kappa shape index (κ3) is 3.65. The summed E-state index contributed by atoms with van der Waals surface area (Å²) in [5.41, 5.74) is 4.53. The summed E-state index contributed by atoms with van der Waals surface area (Å²) >= 11 is 6.05. The summed E-state index contributed by atoms with van der Waals surface area (Å²) in [4.78, 5) is 17.7. The van der Waals surface area contributed by atoms with Gasteiger partial charge in [-0.05, 0) is 68.0 Å². The van der Waals surface area contributed by atoms with Crippen molar-refractivity contribution in [3.05, 3.63) is 59.6 Å². The van der Waals surface area contributed by atoms with Crippen LogP contribution < -0.4 is 15.8 Å². The molecule has 5 nitrogen and oxygen atoms in total. The quantitative estimate of drug-likeness (QED) is 0.815. The van der Waals surface area contributed by atoms with Crippen LogP contribution in [0.3, 0.4) is 0 Å². The summed E-state index contributed by atoms with van der Waals surface area (Å²) < 4.78 is 0. The molecule has 4 rings (SSSR count). The molecule has 2 aromatic carbocycles. The average molecular weight is 383 g/mol. The number of amides is 1. The van der Waals surface area contributed by atoms with Crippen molar-refractivity contribution in [1.29, 1.82) is 0 Å². The van der Waals surface area contributed by atoms with Gasteiger partial charge in [-0.2, -0.15) is 0 Å². The van der Waals surface area contributed by atoms with Crippen LogP contribution in [0.25, 0.3) is 0 Å². The van der Waals surface area contributed by atoms with Gasteiger partial charge in [0, 0.05) is 10.7 Å². The number of para-hydroxylation sites is 1. The van der Waals surface area contributed by atoms with E-state index in [0.717, 1.165) is 37.1 Å². The summed E-state index contributed by atoms with van der Waals surface area (Å²) in [5.74, 6) is 0.805. The van der Waals surface area contributed by atoms with E-state index in [1.807, 2.05) is 59.6 Å². The first-order chi connectivity index (χ1) is 13.1. The fourth-order valence-corrected chi connectivity index (χ4v) is 3.89. The lowest BCUT2D eigenvalue weighted by Crippen LogP contribution is -2.52. The number of carbonyl (C=O) groups is 1. The van der Waals surface area contributed by atoms with Crippen molar-refractivity contribution < 1.29 is 4.79 Å². The number of aliphatic imine (C=N–C) groups is 1. The molecule has 1 heterocycles. The van der Waals surface area contributed by atoms with Crippen molar-refractivity contribution in [1.82, 2.24) is 5.43 Å². The van der Waals surface area contributed by atoms with Gasteiger partial charge in [-0.25, -0.2) is 4.99 Å². The first-order valence-electron chi connectivity index (χ1n) is 9.34. The number of rotatable bonds is 3. The molecule has 1 saturated carbocycles. The molecule has 2 aromatic rings. The highest BCUT2D eigenvalue weighted by atomic mass is 35.5. The topological polar surface area (TPSA) is 56.7 Å². The predicted molar refractivity (Wildman–Crippen MR) is 110 cm³/mol. The molecule has 0 atom stereocenters. The van der Waals surface area contributed by atoms with E-state index >= 15 is 0 Å². The fourth-order valence-electron chi connectivity index (χ4n) is 3.76. The van der Waals surface area contributed by atoms with E-state index in [4.69, 9.17) is 16.6 Å². The third-order valence-corrected chi connectivity index (χ3v) is 5.61. The number of nitrogens with zero attached hydrogens (tertiary/aromatic N) is 2. The second-order valence-electron chi connectivity index (χ2n) is 7.37. The minimum atomic E-state index is -0.427. The van der Waals surface area contributed by atoms with E-state index in [9.17, 15) is 4.79 Å². The van der Waals surface area contributed by atoms with Gasteiger partial charge >= 0.3 is 0 Å². The minimum absolute atomic E-state index is 0.226. The number of hydrogen-bond acceptors (Lipinski definition) is 4. The Morgan fingerprint density at radius 3 is 2.48 bits per heavy atom. The Hall–Kier alpha value is -2.53. The zero-order valence-electron chi connectivity index (χ0n) is 15.3. The molecule has 140 valence electrons. The molecule has 1 spiro atoms.